The van der Waals surface area contributed by atoms with Gasteiger partial charge in [-0.1, -0.05) is 19.9 Å². The van der Waals surface area contributed by atoms with E-state index in [0.29, 0.717) is 31.6 Å². The van der Waals surface area contributed by atoms with Crippen LogP contribution >= 0.6 is 0 Å². The quantitative estimate of drug-likeness (QED) is 0.305. The van der Waals surface area contributed by atoms with Crippen molar-refractivity contribution < 1.29 is 29.0 Å². The molecule has 0 saturated carbocycles. The van der Waals surface area contributed by atoms with Gasteiger partial charge in [0.2, 0.25) is 11.8 Å². The Balaban J connectivity index is 1.76. The number of carbonyl (C=O) groups is 4. The van der Waals surface area contributed by atoms with Crippen molar-refractivity contribution in [2.24, 2.45) is 11.8 Å². The van der Waals surface area contributed by atoms with Crippen molar-refractivity contribution in [2.75, 3.05) is 20.3 Å². The minimum Gasteiger partial charge on any atom is -0.496 e. The number of aliphatic hydroxyl groups is 1. The molecule has 1 aliphatic heterocycles. The van der Waals surface area contributed by atoms with Gasteiger partial charge in [-0.15, -0.1) is 0 Å². The first-order valence-corrected chi connectivity index (χ1v) is 11.9. The van der Waals surface area contributed by atoms with Crippen LogP contribution in [0, 0.1) is 11.8 Å². The minimum atomic E-state index is -1.02. The maximum Gasteiger partial charge on any atom is 0.268 e. The standard InChI is InChI=1S/C25H34N4O6/c1-14(2)7-8-18(24(33)29-19(21(31)13-30)11-15-9-10-26-23(15)32)28-25(34)20-12-16-17(27-20)5-4-6-22(16)35-3/h4-6,12,14-15,18-19,27,30H,7-11,13H2,1-3H3,(H,26,32)(H,28,34)(H,29,33)/t15?,18-,19+/m0/s1. The number of benzene rings is 1. The summed E-state index contributed by atoms with van der Waals surface area (Å²) >= 11 is 0. The Kier molecular flexibility index (Phi) is 8.86. The molecule has 190 valence electrons. The molecular formula is C25H34N4O6. The largest absolute Gasteiger partial charge is 0.496 e. The number of hydrogen-bond acceptors (Lipinski definition) is 6. The lowest BCUT2D eigenvalue weighted by atomic mass is 9.95. The van der Waals surface area contributed by atoms with E-state index in [1.807, 2.05) is 19.9 Å². The number of H-pyrrole nitrogens is 1. The number of Topliss-reactive ketones (excluding diaryl/α,β-unsaturated/α-hetero) is 1. The van der Waals surface area contributed by atoms with E-state index in [9.17, 15) is 24.3 Å². The highest BCUT2D eigenvalue weighted by molar-refractivity contribution is 6.02. The predicted octanol–water partition coefficient (Wildman–Crippen LogP) is 1.28. The summed E-state index contributed by atoms with van der Waals surface area (Å²) in [4.78, 5) is 53.6. The predicted molar refractivity (Wildman–Crippen MR) is 130 cm³/mol. The molecule has 3 amide bonds. The maximum atomic E-state index is 13.2. The van der Waals surface area contributed by atoms with E-state index >= 15 is 0 Å². The van der Waals surface area contributed by atoms with E-state index < -0.39 is 42.2 Å². The molecule has 3 rings (SSSR count). The van der Waals surface area contributed by atoms with Crippen molar-refractivity contribution in [1.29, 1.82) is 0 Å². The van der Waals surface area contributed by atoms with Crippen molar-refractivity contribution in [3.05, 3.63) is 30.0 Å². The summed E-state index contributed by atoms with van der Waals surface area (Å²) < 4.78 is 5.35. The smallest absolute Gasteiger partial charge is 0.268 e. The molecule has 0 radical (unpaired) electrons. The summed E-state index contributed by atoms with van der Waals surface area (Å²) in [6.45, 7) is 3.79. The monoisotopic (exact) mass is 486 g/mol. The Morgan fingerprint density at radius 3 is 2.57 bits per heavy atom. The first kappa shape index (κ1) is 26.2. The van der Waals surface area contributed by atoms with Crippen LogP contribution in [0.15, 0.2) is 24.3 Å². The number of hydrogen-bond donors (Lipinski definition) is 5. The maximum absolute atomic E-state index is 13.2. The van der Waals surface area contributed by atoms with Crippen LogP contribution in [0.25, 0.3) is 10.9 Å². The fourth-order valence-corrected chi connectivity index (χ4v) is 4.24. The summed E-state index contributed by atoms with van der Waals surface area (Å²) in [5.74, 6) is -1.25. The van der Waals surface area contributed by atoms with Gasteiger partial charge in [0, 0.05) is 23.4 Å². The molecule has 1 aromatic carbocycles. The van der Waals surface area contributed by atoms with Crippen LogP contribution < -0.4 is 20.7 Å². The number of carbonyl (C=O) groups excluding carboxylic acids is 4. The van der Waals surface area contributed by atoms with Crippen LogP contribution in [-0.2, 0) is 14.4 Å². The van der Waals surface area contributed by atoms with Gasteiger partial charge in [0.1, 0.15) is 24.1 Å². The van der Waals surface area contributed by atoms with Crippen LogP contribution in [0.3, 0.4) is 0 Å². The van der Waals surface area contributed by atoms with Gasteiger partial charge in [0.15, 0.2) is 5.78 Å². The molecule has 1 aliphatic rings. The fourth-order valence-electron chi connectivity index (χ4n) is 4.24. The lowest BCUT2D eigenvalue weighted by molar-refractivity contribution is -0.131. The number of methoxy groups -OCH3 is 1. The lowest BCUT2D eigenvalue weighted by Gasteiger charge is -2.24. The molecule has 1 saturated heterocycles. The Labute approximate surface area is 204 Å². The van der Waals surface area contributed by atoms with Gasteiger partial charge in [-0.2, -0.15) is 0 Å². The second kappa shape index (κ2) is 11.8. The lowest BCUT2D eigenvalue weighted by Crippen LogP contribution is -2.52. The molecule has 3 atom stereocenters. The molecule has 35 heavy (non-hydrogen) atoms. The Hall–Kier alpha value is -3.40. The summed E-state index contributed by atoms with van der Waals surface area (Å²) in [6.07, 6.45) is 1.69. The topological polar surface area (TPSA) is 150 Å². The molecule has 0 aliphatic carbocycles. The molecule has 0 bridgehead atoms. The number of nitrogens with one attached hydrogen (secondary N) is 4. The van der Waals surface area contributed by atoms with E-state index in [1.165, 1.54) is 0 Å². The highest BCUT2D eigenvalue weighted by Gasteiger charge is 2.33. The van der Waals surface area contributed by atoms with E-state index in [0.717, 1.165) is 10.9 Å². The average molecular weight is 487 g/mol. The van der Waals surface area contributed by atoms with Crippen LogP contribution in [0.1, 0.15) is 50.0 Å². The second-order valence-corrected chi connectivity index (χ2v) is 9.30. The number of amides is 3. The third kappa shape index (κ3) is 6.60. The van der Waals surface area contributed by atoms with Crippen LogP contribution in [0.4, 0.5) is 0 Å². The summed E-state index contributed by atoms with van der Waals surface area (Å²) in [5.41, 5.74) is 0.999. The van der Waals surface area contributed by atoms with Crippen molar-refractivity contribution >= 4 is 34.4 Å². The Morgan fingerprint density at radius 2 is 1.94 bits per heavy atom. The van der Waals surface area contributed by atoms with Crippen molar-refractivity contribution in [3.63, 3.8) is 0 Å². The molecule has 10 heteroatoms. The zero-order valence-corrected chi connectivity index (χ0v) is 20.3. The van der Waals surface area contributed by atoms with Crippen molar-refractivity contribution in [1.82, 2.24) is 20.9 Å². The van der Waals surface area contributed by atoms with Crippen LogP contribution in [0.2, 0.25) is 0 Å². The number of ether oxygens (including phenoxy) is 1. The zero-order valence-electron chi connectivity index (χ0n) is 20.3. The van der Waals surface area contributed by atoms with Gasteiger partial charge in [0.25, 0.3) is 5.91 Å². The van der Waals surface area contributed by atoms with Crippen molar-refractivity contribution in [2.45, 2.75) is 51.6 Å². The number of aliphatic hydroxyl groups excluding tert-OH is 1. The molecular weight excluding hydrogens is 452 g/mol. The first-order valence-electron chi connectivity index (χ1n) is 11.9. The number of aromatic nitrogens is 1. The van der Waals surface area contributed by atoms with Crippen molar-refractivity contribution in [3.8, 4) is 5.75 Å². The number of aromatic amines is 1. The summed E-state index contributed by atoms with van der Waals surface area (Å²) in [7, 11) is 1.55. The first-order chi connectivity index (χ1) is 16.7. The van der Waals surface area contributed by atoms with Gasteiger partial charge in [0.05, 0.1) is 13.2 Å². The Morgan fingerprint density at radius 1 is 1.17 bits per heavy atom. The number of rotatable bonds is 12. The van der Waals surface area contributed by atoms with Gasteiger partial charge in [-0.3, -0.25) is 19.2 Å². The average Bonchev–Trinajstić information content (AvgIpc) is 3.46. The molecule has 10 nitrogen and oxygen atoms in total. The Bertz CT molecular complexity index is 1080. The zero-order chi connectivity index (χ0) is 25.5. The summed E-state index contributed by atoms with van der Waals surface area (Å²) in [5, 5.41) is 18.3. The molecule has 2 aromatic rings. The van der Waals surface area contributed by atoms with E-state index in [1.54, 1.807) is 25.3 Å². The molecule has 0 spiro atoms. The number of ketones is 1. The number of fused-ring (bicyclic) bond motifs is 1. The van der Waals surface area contributed by atoms with E-state index in [-0.39, 0.29) is 23.9 Å². The third-order valence-electron chi connectivity index (χ3n) is 6.29. The normalized spacial score (nSPS) is 17.2. The fraction of sp³-hybridized carbons (Fsp3) is 0.520. The van der Waals surface area contributed by atoms with Crippen LogP contribution in [0.5, 0.6) is 5.75 Å². The van der Waals surface area contributed by atoms with Gasteiger partial charge in [-0.05, 0) is 49.8 Å². The van der Waals surface area contributed by atoms with E-state index in [4.69, 9.17) is 4.74 Å². The molecule has 5 N–H and O–H groups in total. The highest BCUT2D eigenvalue weighted by atomic mass is 16.5. The van der Waals surface area contributed by atoms with Gasteiger partial charge >= 0.3 is 0 Å². The van der Waals surface area contributed by atoms with E-state index in [2.05, 4.69) is 20.9 Å². The molecule has 1 aromatic heterocycles. The molecule has 1 fully saturated rings. The summed E-state index contributed by atoms with van der Waals surface area (Å²) in [6, 6.07) is 5.17. The molecule has 1 unspecified atom stereocenters. The van der Waals surface area contributed by atoms with Gasteiger partial charge < -0.3 is 30.8 Å². The second-order valence-electron chi connectivity index (χ2n) is 9.30. The van der Waals surface area contributed by atoms with Gasteiger partial charge in [-0.25, -0.2) is 0 Å². The third-order valence-corrected chi connectivity index (χ3v) is 6.29. The molecule has 2 heterocycles. The minimum absolute atomic E-state index is 0.101. The SMILES string of the molecule is COc1cccc2[nH]c(C(=O)N[C@@H](CCC(C)C)C(=O)N[C@H](CC3CCNC3=O)C(=O)CO)cc12. The van der Waals surface area contributed by atoms with Crippen LogP contribution in [-0.4, -0.2) is 65.9 Å². The highest BCUT2D eigenvalue weighted by Crippen LogP contribution is 2.26.